The molecule has 24 heavy (non-hydrogen) atoms. The Labute approximate surface area is 153 Å². The number of phenolic OH excluding ortho intramolecular Hbond substituents is 1. The van der Waals surface area contributed by atoms with Crippen molar-refractivity contribution < 1.29 is 5.11 Å². The highest BCUT2D eigenvalue weighted by atomic mass is 79.9. The second-order valence-electron chi connectivity index (χ2n) is 5.94. The Morgan fingerprint density at radius 2 is 1.79 bits per heavy atom. The molecule has 0 fully saturated rings. The van der Waals surface area contributed by atoms with E-state index in [9.17, 15) is 5.11 Å². The summed E-state index contributed by atoms with van der Waals surface area (Å²) in [6.45, 7) is 4.17. The number of hydrogen-bond donors (Lipinski definition) is 2. The molecule has 3 nitrogen and oxygen atoms in total. The first-order chi connectivity index (χ1) is 11.2. The zero-order valence-corrected chi connectivity index (χ0v) is 15.8. The Balaban J connectivity index is 0.00000208. The highest BCUT2D eigenvalue weighted by Gasteiger charge is 2.05. The zero-order valence-electron chi connectivity index (χ0n) is 14.0. The number of nitrogens with one attached hydrogen (secondary N) is 1. The molecular formula is C20H23BrN2O. The molecule has 126 valence electrons. The first-order valence-electron chi connectivity index (χ1n) is 8.12. The van der Waals surface area contributed by atoms with E-state index < -0.39 is 0 Å². The van der Waals surface area contributed by atoms with Gasteiger partial charge in [-0.05, 0) is 55.7 Å². The zero-order chi connectivity index (χ0) is 16.2. The third-order valence-corrected chi connectivity index (χ3v) is 3.97. The standard InChI is InChI=1S/C20H22N2O.BrH/c1-3-4-5-15-6-8-16(9-7-15)22-19-12-14(2)21-20-13-17(23)10-11-18(19)20;/h6-13,23H,3-5H2,1-2H3,(H,21,22);1H. The van der Waals surface area contributed by atoms with Crippen LogP contribution < -0.4 is 5.32 Å². The predicted octanol–water partition coefficient (Wildman–Crippen LogP) is 5.91. The minimum absolute atomic E-state index is 0. The molecule has 3 rings (SSSR count). The monoisotopic (exact) mass is 386 g/mol. The lowest BCUT2D eigenvalue weighted by Gasteiger charge is -2.12. The summed E-state index contributed by atoms with van der Waals surface area (Å²) in [4.78, 5) is 4.49. The van der Waals surface area contributed by atoms with Gasteiger partial charge >= 0.3 is 0 Å². The fourth-order valence-electron chi connectivity index (χ4n) is 2.74. The fraction of sp³-hybridized carbons (Fsp3) is 0.250. The van der Waals surface area contributed by atoms with Crippen LogP contribution >= 0.6 is 17.0 Å². The first-order valence-corrected chi connectivity index (χ1v) is 8.12. The van der Waals surface area contributed by atoms with Crippen molar-refractivity contribution >= 4 is 39.3 Å². The van der Waals surface area contributed by atoms with Gasteiger partial charge in [0.15, 0.2) is 0 Å². The number of rotatable bonds is 5. The summed E-state index contributed by atoms with van der Waals surface area (Å²) in [5, 5.41) is 14.1. The van der Waals surface area contributed by atoms with E-state index in [0.717, 1.165) is 34.4 Å². The van der Waals surface area contributed by atoms with Crippen molar-refractivity contribution in [2.75, 3.05) is 5.32 Å². The Kier molecular flexibility index (Phi) is 6.21. The number of unbranched alkanes of at least 4 members (excludes halogenated alkanes) is 1. The molecule has 0 radical (unpaired) electrons. The molecule has 0 aliphatic rings. The fourth-order valence-corrected chi connectivity index (χ4v) is 2.74. The van der Waals surface area contributed by atoms with Crippen LogP contribution in [0.15, 0.2) is 48.5 Å². The lowest BCUT2D eigenvalue weighted by atomic mass is 10.1. The smallest absolute Gasteiger partial charge is 0.117 e. The highest BCUT2D eigenvalue weighted by molar-refractivity contribution is 8.93. The number of aryl methyl sites for hydroxylation is 2. The van der Waals surface area contributed by atoms with Gasteiger partial charge in [0.25, 0.3) is 0 Å². The van der Waals surface area contributed by atoms with E-state index in [2.05, 4.69) is 41.5 Å². The van der Waals surface area contributed by atoms with Crippen LogP contribution in [0.3, 0.4) is 0 Å². The molecule has 3 aromatic rings. The molecule has 2 N–H and O–H groups in total. The van der Waals surface area contributed by atoms with Gasteiger partial charge in [0.1, 0.15) is 5.75 Å². The topological polar surface area (TPSA) is 45.2 Å². The van der Waals surface area contributed by atoms with Crippen LogP contribution in [0.2, 0.25) is 0 Å². The number of halogens is 1. The van der Waals surface area contributed by atoms with Crippen molar-refractivity contribution in [1.82, 2.24) is 4.98 Å². The van der Waals surface area contributed by atoms with Crippen molar-refractivity contribution in [2.45, 2.75) is 33.1 Å². The molecule has 4 heteroatoms. The number of anilines is 2. The maximum absolute atomic E-state index is 9.64. The maximum atomic E-state index is 9.64. The lowest BCUT2D eigenvalue weighted by molar-refractivity contribution is 0.476. The molecule has 2 aromatic carbocycles. The SMILES string of the molecule is Br.CCCCc1ccc(Nc2cc(C)nc3cc(O)ccc23)cc1. The van der Waals surface area contributed by atoms with Crippen LogP contribution in [0.5, 0.6) is 5.75 Å². The van der Waals surface area contributed by atoms with Gasteiger partial charge in [-0.25, -0.2) is 0 Å². The molecule has 0 amide bonds. The quantitative estimate of drug-likeness (QED) is 0.572. The van der Waals surface area contributed by atoms with E-state index in [1.54, 1.807) is 12.1 Å². The van der Waals surface area contributed by atoms with Gasteiger partial charge in [-0.15, -0.1) is 17.0 Å². The maximum Gasteiger partial charge on any atom is 0.117 e. The van der Waals surface area contributed by atoms with Crippen LogP contribution in [0.1, 0.15) is 31.0 Å². The minimum Gasteiger partial charge on any atom is -0.508 e. The summed E-state index contributed by atoms with van der Waals surface area (Å²) < 4.78 is 0. The number of aromatic nitrogens is 1. The van der Waals surface area contributed by atoms with Gasteiger partial charge in [-0.2, -0.15) is 0 Å². The molecule has 0 unspecified atom stereocenters. The summed E-state index contributed by atoms with van der Waals surface area (Å²) in [5.74, 6) is 0.238. The summed E-state index contributed by atoms with van der Waals surface area (Å²) in [7, 11) is 0. The van der Waals surface area contributed by atoms with Gasteiger partial charge in [0.05, 0.1) is 5.52 Å². The average molecular weight is 387 g/mol. The number of phenols is 1. The predicted molar refractivity (Wildman–Crippen MR) is 107 cm³/mol. The average Bonchev–Trinajstić information content (AvgIpc) is 2.53. The molecule has 0 atom stereocenters. The summed E-state index contributed by atoms with van der Waals surface area (Å²) >= 11 is 0. The van der Waals surface area contributed by atoms with E-state index in [-0.39, 0.29) is 22.7 Å². The van der Waals surface area contributed by atoms with Crippen molar-refractivity contribution in [3.8, 4) is 5.75 Å². The van der Waals surface area contributed by atoms with Crippen LogP contribution in [-0.4, -0.2) is 10.1 Å². The van der Waals surface area contributed by atoms with E-state index >= 15 is 0 Å². The summed E-state index contributed by atoms with van der Waals surface area (Å²) in [6.07, 6.45) is 3.58. The largest absolute Gasteiger partial charge is 0.508 e. The van der Waals surface area contributed by atoms with Gasteiger partial charge < -0.3 is 10.4 Å². The Hall–Kier alpha value is -2.07. The van der Waals surface area contributed by atoms with Gasteiger partial charge in [-0.1, -0.05) is 25.5 Å². The Morgan fingerprint density at radius 1 is 1.04 bits per heavy atom. The molecular weight excluding hydrogens is 364 g/mol. The number of aromatic hydroxyl groups is 1. The second-order valence-corrected chi connectivity index (χ2v) is 5.94. The molecule has 0 saturated carbocycles. The third kappa shape index (κ3) is 4.26. The Bertz CT molecular complexity index is 810. The van der Waals surface area contributed by atoms with Gasteiger partial charge in [0.2, 0.25) is 0 Å². The summed E-state index contributed by atoms with van der Waals surface area (Å²) in [6, 6.07) is 15.9. The number of benzene rings is 2. The molecule has 0 aliphatic heterocycles. The molecule has 0 spiro atoms. The van der Waals surface area contributed by atoms with Gasteiger partial charge in [0, 0.05) is 28.5 Å². The van der Waals surface area contributed by atoms with Gasteiger partial charge in [-0.3, -0.25) is 4.98 Å². The molecule has 1 aromatic heterocycles. The van der Waals surface area contributed by atoms with Crippen LogP contribution in [-0.2, 0) is 6.42 Å². The Morgan fingerprint density at radius 3 is 2.50 bits per heavy atom. The van der Waals surface area contributed by atoms with E-state index in [1.807, 2.05) is 19.1 Å². The first kappa shape index (κ1) is 18.3. The number of nitrogens with zero attached hydrogens (tertiary/aromatic N) is 1. The van der Waals surface area contributed by atoms with E-state index in [0.29, 0.717) is 0 Å². The van der Waals surface area contributed by atoms with Crippen molar-refractivity contribution in [1.29, 1.82) is 0 Å². The molecule has 0 saturated heterocycles. The van der Waals surface area contributed by atoms with Crippen molar-refractivity contribution in [3.63, 3.8) is 0 Å². The number of hydrogen-bond acceptors (Lipinski definition) is 3. The van der Waals surface area contributed by atoms with Crippen molar-refractivity contribution in [3.05, 3.63) is 59.8 Å². The molecule has 0 aliphatic carbocycles. The van der Waals surface area contributed by atoms with Crippen LogP contribution in [0, 0.1) is 6.92 Å². The van der Waals surface area contributed by atoms with E-state index in [4.69, 9.17) is 0 Å². The molecule has 0 bridgehead atoms. The van der Waals surface area contributed by atoms with E-state index in [1.165, 1.54) is 18.4 Å². The number of fused-ring (bicyclic) bond motifs is 1. The van der Waals surface area contributed by atoms with Crippen LogP contribution in [0.4, 0.5) is 11.4 Å². The minimum atomic E-state index is 0. The third-order valence-electron chi connectivity index (χ3n) is 3.97. The summed E-state index contributed by atoms with van der Waals surface area (Å²) in [5.41, 5.74) is 5.16. The highest BCUT2D eigenvalue weighted by Crippen LogP contribution is 2.28. The lowest BCUT2D eigenvalue weighted by Crippen LogP contribution is -1.95. The normalized spacial score (nSPS) is 10.4. The number of pyridine rings is 1. The second kappa shape index (κ2) is 8.15. The van der Waals surface area contributed by atoms with Crippen molar-refractivity contribution in [2.24, 2.45) is 0 Å². The molecule has 1 heterocycles. The van der Waals surface area contributed by atoms with Crippen LogP contribution in [0.25, 0.3) is 10.9 Å².